The fourth-order valence-corrected chi connectivity index (χ4v) is 6.97. The van der Waals surface area contributed by atoms with E-state index < -0.39 is 36.9 Å². The molecular weight excluding hydrogens is 411 g/mol. The standard InChI is InChI=1S/C25H29O5P/c1-5-13-23(29-19(3)26)25(24(14-6-2)30-20(4)27)31(28,21-15-9-7-10-16-21)22-17-11-8-12-18-22/h5-18,23-25H,1-4H3/b13-5+,14-6+/t23-,24+,25?. The number of rotatable bonds is 9. The maximum Gasteiger partial charge on any atom is 0.303 e. The van der Waals surface area contributed by atoms with Crippen molar-refractivity contribution < 1.29 is 23.6 Å². The van der Waals surface area contributed by atoms with E-state index in [0.717, 1.165) is 0 Å². The van der Waals surface area contributed by atoms with Crippen LogP contribution in [0.25, 0.3) is 0 Å². The molecular formula is C25H29O5P. The van der Waals surface area contributed by atoms with Gasteiger partial charge >= 0.3 is 11.9 Å². The third-order valence-electron chi connectivity index (χ3n) is 4.74. The molecule has 5 nitrogen and oxygen atoms in total. The highest BCUT2D eigenvalue weighted by molar-refractivity contribution is 7.79. The van der Waals surface area contributed by atoms with Gasteiger partial charge in [0, 0.05) is 24.5 Å². The van der Waals surface area contributed by atoms with Crippen LogP contribution in [-0.2, 0) is 23.6 Å². The molecule has 0 saturated heterocycles. The molecule has 0 aliphatic carbocycles. The molecule has 2 aromatic carbocycles. The molecule has 0 spiro atoms. The minimum absolute atomic E-state index is 0.511. The van der Waals surface area contributed by atoms with E-state index in [-0.39, 0.29) is 0 Å². The van der Waals surface area contributed by atoms with Crippen LogP contribution in [0.5, 0.6) is 0 Å². The fraction of sp³-hybridized carbons (Fsp3) is 0.280. The SMILES string of the molecule is C/C=C/[C@H](OC(C)=O)C([C@@H](/C=C/C)OC(C)=O)P(=O)(c1ccccc1)c1ccccc1. The lowest BCUT2D eigenvalue weighted by Gasteiger charge is -2.36. The van der Waals surface area contributed by atoms with E-state index in [4.69, 9.17) is 9.47 Å². The van der Waals surface area contributed by atoms with Gasteiger partial charge in [-0.1, -0.05) is 72.8 Å². The highest BCUT2D eigenvalue weighted by Crippen LogP contribution is 2.53. The van der Waals surface area contributed by atoms with Gasteiger partial charge in [-0.05, 0) is 26.0 Å². The Balaban J connectivity index is 2.87. The summed E-state index contributed by atoms with van der Waals surface area (Å²) in [5.74, 6) is -1.02. The summed E-state index contributed by atoms with van der Waals surface area (Å²) < 4.78 is 26.3. The first-order valence-corrected chi connectivity index (χ1v) is 11.9. The first kappa shape index (κ1) is 24.4. The van der Waals surface area contributed by atoms with E-state index in [1.807, 2.05) is 36.4 Å². The van der Waals surface area contributed by atoms with Crippen LogP contribution in [-0.4, -0.2) is 29.8 Å². The Hall–Kier alpha value is -2.91. The smallest absolute Gasteiger partial charge is 0.303 e. The number of carbonyl (C=O) groups excluding carboxylic acids is 2. The van der Waals surface area contributed by atoms with E-state index in [1.54, 1.807) is 62.4 Å². The first-order valence-electron chi connectivity index (χ1n) is 10.2. The van der Waals surface area contributed by atoms with Crippen molar-refractivity contribution in [3.8, 4) is 0 Å². The van der Waals surface area contributed by atoms with Crippen LogP contribution in [0.3, 0.4) is 0 Å². The minimum Gasteiger partial charge on any atom is -0.457 e. The summed E-state index contributed by atoms with van der Waals surface area (Å²) in [6.07, 6.45) is 5.08. The lowest BCUT2D eigenvalue weighted by molar-refractivity contribution is -0.148. The van der Waals surface area contributed by atoms with Crippen molar-refractivity contribution in [3.05, 3.63) is 85.0 Å². The normalized spacial score (nSPS) is 14.8. The van der Waals surface area contributed by atoms with Crippen molar-refractivity contribution in [2.75, 3.05) is 0 Å². The zero-order valence-electron chi connectivity index (χ0n) is 18.3. The molecule has 0 radical (unpaired) electrons. The molecule has 1 unspecified atom stereocenters. The lowest BCUT2D eigenvalue weighted by atomic mass is 10.1. The average Bonchev–Trinajstić information content (AvgIpc) is 2.74. The Morgan fingerprint density at radius 1 is 0.742 bits per heavy atom. The van der Waals surface area contributed by atoms with Crippen LogP contribution in [0.4, 0.5) is 0 Å². The summed E-state index contributed by atoms with van der Waals surface area (Å²) in [7, 11) is -3.48. The van der Waals surface area contributed by atoms with Crippen molar-refractivity contribution in [3.63, 3.8) is 0 Å². The third-order valence-corrected chi connectivity index (χ3v) is 8.30. The van der Waals surface area contributed by atoms with Crippen LogP contribution in [0.2, 0.25) is 0 Å². The number of esters is 2. The molecule has 2 aromatic rings. The number of hydrogen-bond acceptors (Lipinski definition) is 5. The van der Waals surface area contributed by atoms with Gasteiger partial charge in [-0.25, -0.2) is 0 Å². The summed E-state index contributed by atoms with van der Waals surface area (Å²) >= 11 is 0. The van der Waals surface area contributed by atoms with Gasteiger partial charge in [0.05, 0.1) is 0 Å². The molecule has 0 saturated carbocycles. The summed E-state index contributed by atoms with van der Waals surface area (Å²) in [4.78, 5) is 23.9. The number of allylic oxidation sites excluding steroid dienone is 2. The molecule has 0 fully saturated rings. The summed E-state index contributed by atoms with van der Waals surface area (Å²) in [5.41, 5.74) is -0.863. The third kappa shape index (κ3) is 6.05. The Labute approximate surface area is 184 Å². The van der Waals surface area contributed by atoms with E-state index in [1.165, 1.54) is 13.8 Å². The Kier molecular flexibility index (Phi) is 9.02. The molecule has 0 aliphatic heterocycles. The zero-order chi connectivity index (χ0) is 22.9. The number of benzene rings is 2. The monoisotopic (exact) mass is 440 g/mol. The van der Waals surface area contributed by atoms with Crippen molar-refractivity contribution in [1.29, 1.82) is 0 Å². The molecule has 2 rings (SSSR count). The van der Waals surface area contributed by atoms with E-state index in [0.29, 0.717) is 10.6 Å². The number of carbonyl (C=O) groups is 2. The van der Waals surface area contributed by atoms with E-state index in [2.05, 4.69) is 0 Å². The number of hydrogen-bond donors (Lipinski definition) is 0. The fourth-order valence-electron chi connectivity index (χ4n) is 3.60. The molecule has 0 aromatic heterocycles. The maximum absolute atomic E-state index is 15.1. The highest BCUT2D eigenvalue weighted by Gasteiger charge is 2.47. The second-order valence-electron chi connectivity index (χ2n) is 7.02. The quantitative estimate of drug-likeness (QED) is 0.329. The summed E-state index contributed by atoms with van der Waals surface area (Å²) in [5, 5.41) is 1.18. The van der Waals surface area contributed by atoms with E-state index >= 15 is 4.57 Å². The Morgan fingerprint density at radius 2 is 1.10 bits per heavy atom. The predicted molar refractivity (Wildman–Crippen MR) is 124 cm³/mol. The topological polar surface area (TPSA) is 69.7 Å². The molecule has 0 bridgehead atoms. The van der Waals surface area contributed by atoms with Gasteiger partial charge in [-0.3, -0.25) is 9.59 Å². The zero-order valence-corrected chi connectivity index (χ0v) is 19.2. The van der Waals surface area contributed by atoms with Crippen LogP contribution < -0.4 is 10.6 Å². The Morgan fingerprint density at radius 3 is 1.39 bits per heavy atom. The van der Waals surface area contributed by atoms with E-state index in [9.17, 15) is 9.59 Å². The van der Waals surface area contributed by atoms with Gasteiger partial charge in [0.25, 0.3) is 0 Å². The summed E-state index contributed by atoms with van der Waals surface area (Å²) in [6, 6.07) is 18.1. The summed E-state index contributed by atoms with van der Waals surface area (Å²) in [6.45, 7) is 6.19. The molecule has 3 atom stereocenters. The molecule has 0 N–H and O–H groups in total. The van der Waals surface area contributed by atoms with Gasteiger partial charge in [-0.2, -0.15) is 0 Å². The maximum atomic E-state index is 15.1. The molecule has 31 heavy (non-hydrogen) atoms. The predicted octanol–water partition coefficient (Wildman–Crippen LogP) is 4.38. The van der Waals surface area contributed by atoms with Gasteiger partial charge in [-0.15, -0.1) is 0 Å². The molecule has 0 aliphatic rings. The first-order chi connectivity index (χ1) is 14.8. The number of ether oxygens (including phenoxy) is 2. The van der Waals surface area contributed by atoms with Crippen LogP contribution in [0, 0.1) is 0 Å². The van der Waals surface area contributed by atoms with Crippen molar-refractivity contribution in [2.24, 2.45) is 0 Å². The van der Waals surface area contributed by atoms with Crippen LogP contribution in [0.15, 0.2) is 85.0 Å². The van der Waals surface area contributed by atoms with Crippen molar-refractivity contribution >= 4 is 29.7 Å². The lowest BCUT2D eigenvalue weighted by Crippen LogP contribution is -2.44. The van der Waals surface area contributed by atoms with Crippen LogP contribution in [0.1, 0.15) is 27.7 Å². The molecule has 0 heterocycles. The second kappa shape index (κ2) is 11.5. The van der Waals surface area contributed by atoms with Gasteiger partial charge < -0.3 is 14.0 Å². The molecule has 164 valence electrons. The van der Waals surface area contributed by atoms with Crippen molar-refractivity contribution in [1.82, 2.24) is 0 Å². The minimum atomic E-state index is -3.48. The molecule has 0 amide bonds. The molecule has 6 heteroatoms. The average molecular weight is 440 g/mol. The van der Waals surface area contributed by atoms with Gasteiger partial charge in [0.15, 0.2) is 7.14 Å². The van der Waals surface area contributed by atoms with Crippen molar-refractivity contribution in [2.45, 2.75) is 45.6 Å². The van der Waals surface area contributed by atoms with Crippen LogP contribution >= 0.6 is 7.14 Å². The Bertz CT molecular complexity index is 890. The second-order valence-corrected chi connectivity index (χ2v) is 9.96. The van der Waals surface area contributed by atoms with Gasteiger partial charge in [0.1, 0.15) is 17.9 Å². The highest BCUT2D eigenvalue weighted by atomic mass is 31.2. The largest absolute Gasteiger partial charge is 0.457 e. The van der Waals surface area contributed by atoms with Gasteiger partial charge in [0.2, 0.25) is 0 Å².